The van der Waals surface area contributed by atoms with E-state index in [1.807, 2.05) is 62.6 Å². The Hall–Kier alpha value is -2.67. The van der Waals surface area contributed by atoms with E-state index in [1.165, 1.54) is 11.8 Å². The van der Waals surface area contributed by atoms with Gasteiger partial charge < -0.3 is 9.88 Å². The molecule has 1 N–H and O–H groups in total. The van der Waals surface area contributed by atoms with Crippen molar-refractivity contribution in [3.63, 3.8) is 0 Å². The first-order chi connectivity index (χ1) is 13.0. The third kappa shape index (κ3) is 4.36. The number of nitrogens with zero attached hydrogens (tertiary/aromatic N) is 4. The van der Waals surface area contributed by atoms with Crippen LogP contribution >= 0.6 is 11.8 Å². The molecule has 0 saturated carbocycles. The van der Waals surface area contributed by atoms with E-state index in [4.69, 9.17) is 0 Å². The van der Waals surface area contributed by atoms with Gasteiger partial charge in [0.05, 0.1) is 5.25 Å². The Morgan fingerprint density at radius 1 is 1.19 bits per heavy atom. The second-order valence-corrected chi connectivity index (χ2v) is 7.66. The molecule has 0 fully saturated rings. The fraction of sp³-hybridized carbons (Fsp3) is 0.300. The first kappa shape index (κ1) is 19.1. The van der Waals surface area contributed by atoms with Gasteiger partial charge in [0.2, 0.25) is 5.91 Å². The molecule has 1 atom stereocenters. The molecule has 0 aliphatic carbocycles. The van der Waals surface area contributed by atoms with E-state index < -0.39 is 0 Å². The van der Waals surface area contributed by atoms with Crippen LogP contribution in [0.1, 0.15) is 25.0 Å². The van der Waals surface area contributed by atoms with Crippen molar-refractivity contribution in [1.29, 1.82) is 0 Å². The average Bonchev–Trinajstić information content (AvgIpc) is 3.07. The lowest BCUT2D eigenvalue weighted by Gasteiger charge is -2.14. The fourth-order valence-corrected chi connectivity index (χ4v) is 3.60. The lowest BCUT2D eigenvalue weighted by Crippen LogP contribution is -2.23. The summed E-state index contributed by atoms with van der Waals surface area (Å²) >= 11 is 1.41. The zero-order chi connectivity index (χ0) is 19.4. The van der Waals surface area contributed by atoms with Crippen molar-refractivity contribution >= 4 is 23.4 Å². The Morgan fingerprint density at radius 2 is 1.93 bits per heavy atom. The SMILES string of the molecule is CCn1c(SC(C)C(=O)Nc2cc(C)ccc2C)nnc1-c1ccncc1. The van der Waals surface area contributed by atoms with E-state index in [2.05, 4.69) is 20.5 Å². The number of carbonyl (C=O) groups excluding carboxylic acids is 1. The van der Waals surface area contributed by atoms with Gasteiger partial charge in [-0.15, -0.1) is 10.2 Å². The van der Waals surface area contributed by atoms with Gasteiger partial charge in [-0.25, -0.2) is 0 Å². The van der Waals surface area contributed by atoms with Crippen LogP contribution in [0.3, 0.4) is 0 Å². The summed E-state index contributed by atoms with van der Waals surface area (Å²) in [5, 5.41) is 12.1. The van der Waals surface area contributed by atoms with Crippen LogP contribution in [-0.2, 0) is 11.3 Å². The molecule has 0 saturated heterocycles. The maximum absolute atomic E-state index is 12.7. The van der Waals surface area contributed by atoms with E-state index in [9.17, 15) is 4.79 Å². The molecule has 0 aliphatic heterocycles. The van der Waals surface area contributed by atoms with E-state index in [-0.39, 0.29) is 11.2 Å². The maximum atomic E-state index is 12.7. The highest BCUT2D eigenvalue weighted by molar-refractivity contribution is 8.00. The van der Waals surface area contributed by atoms with Crippen molar-refractivity contribution in [2.45, 2.75) is 44.6 Å². The number of pyridine rings is 1. The molecule has 0 aliphatic rings. The second-order valence-electron chi connectivity index (χ2n) is 6.35. The minimum absolute atomic E-state index is 0.0511. The van der Waals surface area contributed by atoms with Gasteiger partial charge in [-0.2, -0.15) is 0 Å². The molecule has 27 heavy (non-hydrogen) atoms. The minimum atomic E-state index is -0.301. The quantitative estimate of drug-likeness (QED) is 0.651. The molecule has 1 unspecified atom stereocenters. The monoisotopic (exact) mass is 381 g/mol. The Kier molecular flexibility index (Phi) is 5.91. The van der Waals surface area contributed by atoms with Crippen molar-refractivity contribution in [2.75, 3.05) is 5.32 Å². The van der Waals surface area contributed by atoms with Gasteiger partial charge in [0.25, 0.3) is 0 Å². The summed E-state index contributed by atoms with van der Waals surface area (Å²) in [4.78, 5) is 16.7. The Bertz CT molecular complexity index is 939. The molecule has 3 rings (SSSR count). The number of nitrogens with one attached hydrogen (secondary N) is 1. The van der Waals surface area contributed by atoms with Crippen molar-refractivity contribution in [3.05, 3.63) is 53.9 Å². The maximum Gasteiger partial charge on any atom is 0.237 e. The molecule has 1 amide bonds. The molecule has 0 spiro atoms. The Labute approximate surface area is 163 Å². The number of hydrogen-bond donors (Lipinski definition) is 1. The predicted octanol–water partition coefficient (Wildman–Crippen LogP) is 4.10. The zero-order valence-electron chi connectivity index (χ0n) is 15.9. The Balaban J connectivity index is 1.76. The van der Waals surface area contributed by atoms with Gasteiger partial charge in [-0.3, -0.25) is 9.78 Å². The number of aryl methyl sites for hydroxylation is 2. The van der Waals surface area contributed by atoms with E-state index in [0.717, 1.165) is 39.9 Å². The highest BCUT2D eigenvalue weighted by Crippen LogP contribution is 2.27. The van der Waals surface area contributed by atoms with Crippen LogP contribution in [0.2, 0.25) is 0 Å². The van der Waals surface area contributed by atoms with Gasteiger partial charge in [0, 0.05) is 30.2 Å². The summed E-state index contributed by atoms with van der Waals surface area (Å²) in [6.07, 6.45) is 3.47. The summed E-state index contributed by atoms with van der Waals surface area (Å²) in [5.74, 6) is 0.731. The number of anilines is 1. The van der Waals surface area contributed by atoms with Gasteiger partial charge in [0.1, 0.15) is 0 Å². The number of amides is 1. The van der Waals surface area contributed by atoms with Crippen LogP contribution in [0.4, 0.5) is 5.69 Å². The third-order valence-electron chi connectivity index (χ3n) is 4.27. The highest BCUT2D eigenvalue weighted by Gasteiger charge is 2.20. The number of rotatable bonds is 6. The number of hydrogen-bond acceptors (Lipinski definition) is 5. The molecule has 140 valence electrons. The van der Waals surface area contributed by atoms with Crippen molar-refractivity contribution in [1.82, 2.24) is 19.7 Å². The zero-order valence-corrected chi connectivity index (χ0v) is 16.7. The van der Waals surface area contributed by atoms with Gasteiger partial charge in [-0.05, 0) is 57.0 Å². The van der Waals surface area contributed by atoms with Crippen molar-refractivity contribution in [3.8, 4) is 11.4 Å². The fourth-order valence-electron chi connectivity index (χ4n) is 2.69. The summed E-state index contributed by atoms with van der Waals surface area (Å²) in [6.45, 7) is 8.64. The van der Waals surface area contributed by atoms with Gasteiger partial charge >= 0.3 is 0 Å². The van der Waals surface area contributed by atoms with E-state index in [0.29, 0.717) is 0 Å². The largest absolute Gasteiger partial charge is 0.325 e. The molecule has 6 nitrogen and oxygen atoms in total. The van der Waals surface area contributed by atoms with Gasteiger partial charge in [0.15, 0.2) is 11.0 Å². The van der Waals surface area contributed by atoms with Crippen molar-refractivity contribution in [2.24, 2.45) is 0 Å². The van der Waals surface area contributed by atoms with Crippen LogP contribution < -0.4 is 5.32 Å². The molecule has 1 aromatic carbocycles. The lowest BCUT2D eigenvalue weighted by atomic mass is 10.1. The summed E-state index contributed by atoms with van der Waals surface area (Å²) in [6, 6.07) is 9.84. The van der Waals surface area contributed by atoms with E-state index >= 15 is 0 Å². The van der Waals surface area contributed by atoms with Crippen LogP contribution in [0.5, 0.6) is 0 Å². The van der Waals surface area contributed by atoms with Crippen LogP contribution in [0.25, 0.3) is 11.4 Å². The van der Waals surface area contributed by atoms with E-state index in [1.54, 1.807) is 12.4 Å². The summed E-state index contributed by atoms with van der Waals surface area (Å²) < 4.78 is 2.02. The molecule has 0 bridgehead atoms. The average molecular weight is 382 g/mol. The van der Waals surface area contributed by atoms with Gasteiger partial charge in [-0.1, -0.05) is 23.9 Å². The number of thioether (sulfide) groups is 1. The summed E-state index contributed by atoms with van der Waals surface area (Å²) in [7, 11) is 0. The standard InChI is InChI=1S/C20H23N5OS/c1-5-25-18(16-8-10-21-11-9-16)23-24-20(25)27-15(4)19(26)22-17-12-13(2)6-7-14(17)3/h6-12,15H,5H2,1-4H3,(H,22,26). The smallest absolute Gasteiger partial charge is 0.237 e. The lowest BCUT2D eigenvalue weighted by molar-refractivity contribution is -0.115. The predicted molar refractivity (Wildman–Crippen MR) is 109 cm³/mol. The molecular formula is C20H23N5OS. The second kappa shape index (κ2) is 8.35. The molecule has 2 heterocycles. The molecule has 3 aromatic rings. The number of benzene rings is 1. The molecule has 0 radical (unpaired) electrons. The number of aromatic nitrogens is 4. The van der Waals surface area contributed by atoms with Crippen LogP contribution in [0, 0.1) is 13.8 Å². The molecule has 2 aromatic heterocycles. The number of carbonyl (C=O) groups is 1. The first-order valence-electron chi connectivity index (χ1n) is 8.88. The van der Waals surface area contributed by atoms with Crippen LogP contribution in [-0.4, -0.2) is 30.9 Å². The third-order valence-corrected chi connectivity index (χ3v) is 5.35. The minimum Gasteiger partial charge on any atom is -0.325 e. The Morgan fingerprint density at radius 3 is 2.63 bits per heavy atom. The first-order valence-corrected chi connectivity index (χ1v) is 9.76. The van der Waals surface area contributed by atoms with Crippen LogP contribution in [0.15, 0.2) is 47.9 Å². The molecular weight excluding hydrogens is 358 g/mol. The topological polar surface area (TPSA) is 72.7 Å². The normalized spacial score (nSPS) is 12.0. The summed E-state index contributed by atoms with van der Waals surface area (Å²) in [5.41, 5.74) is 3.97. The highest BCUT2D eigenvalue weighted by atomic mass is 32.2. The van der Waals surface area contributed by atoms with Crippen molar-refractivity contribution < 1.29 is 4.79 Å². The molecule has 7 heteroatoms.